The second-order valence-corrected chi connectivity index (χ2v) is 26.4. The highest BCUT2D eigenvalue weighted by atomic mass is 16.4. The maximum atomic E-state index is 14.6. The fraction of sp³-hybridized carbons (Fsp3) is 0.688. The molecule has 0 aromatic carbocycles. The Morgan fingerprint density at radius 3 is 1.27 bits per heavy atom. The molecule has 13 atom stereocenters. The van der Waals surface area contributed by atoms with Crippen molar-refractivity contribution in [2.24, 2.45) is 57.1 Å². The van der Waals surface area contributed by atoms with E-state index in [1.807, 2.05) is 0 Å². The summed E-state index contributed by atoms with van der Waals surface area (Å²) in [5.41, 5.74) is 34.2. The van der Waals surface area contributed by atoms with E-state index in [0.29, 0.717) is 50.9 Å². The van der Waals surface area contributed by atoms with Crippen LogP contribution in [0.4, 0.5) is 0 Å². The standard InChI is InChI=1S/C64H111N21O19/c1-31(2)25-43(81-51(91)34(7)74-55(95)39(16-11-13-23-66)77-54(94)38(67)15-10-12-22-65)60(100)82-44(27-37-29-71-30-73-37)61(101)78-40(17-14-24-72-64(69)70)57(97)79-41(18-20-47(68)86)58(98)80-42(19-21-48(87)88)56(96)75-36(9)53(93)85-50(33(5)6)62(102)83-45(28-49(89)90)59(99)76-35(8)52(92)84-46(63(103)104)26-32(3)4/h29-36,38-46,50H,10-28,65-67H2,1-9H3,(H2,68,86)(H,71,73)(H,74,95)(H,75,96)(H,76,99)(H,77,94)(H,78,101)(H,79,97)(H,80,98)(H,81,91)(H,82,100)(H,83,102)(H,84,92)(H,85,93)(H,87,88)(H,89,90)(H,103,104)(H4,69,70,72)/t34-,35-,36-,38-,39-,40-,41-,42-,43-,44-,45-,46-,50-/m0/s1. The van der Waals surface area contributed by atoms with Gasteiger partial charge in [0.15, 0.2) is 5.96 Å². The lowest BCUT2D eigenvalue weighted by atomic mass is 10.0. The number of guanidine groups is 1. The van der Waals surface area contributed by atoms with Crippen LogP contribution in [0.1, 0.15) is 164 Å². The number of nitrogens with two attached hydrogens (primary N) is 6. The van der Waals surface area contributed by atoms with Gasteiger partial charge in [-0.25, -0.2) is 9.78 Å². The van der Waals surface area contributed by atoms with Gasteiger partial charge in [-0.2, -0.15) is 0 Å². The van der Waals surface area contributed by atoms with Gasteiger partial charge >= 0.3 is 17.9 Å². The van der Waals surface area contributed by atoms with Gasteiger partial charge in [-0.1, -0.05) is 48.0 Å². The lowest BCUT2D eigenvalue weighted by molar-refractivity contribution is -0.143. The number of hydrogen-bond donors (Lipinski definition) is 22. The molecule has 13 amide bonds. The van der Waals surface area contributed by atoms with Crippen LogP contribution in [0.3, 0.4) is 0 Å². The van der Waals surface area contributed by atoms with Gasteiger partial charge in [0, 0.05) is 37.7 Å². The van der Waals surface area contributed by atoms with Crippen LogP contribution in [-0.2, 0) is 83.1 Å². The van der Waals surface area contributed by atoms with Crippen LogP contribution in [0, 0.1) is 17.8 Å². The molecule has 1 aromatic rings. The van der Waals surface area contributed by atoms with E-state index in [1.165, 1.54) is 40.2 Å². The summed E-state index contributed by atoms with van der Waals surface area (Å²) in [5.74, 6) is -18.7. The highest BCUT2D eigenvalue weighted by molar-refractivity contribution is 6.00. The molecule has 0 aliphatic carbocycles. The van der Waals surface area contributed by atoms with E-state index < -0.39 is 211 Å². The normalized spacial score (nSPS) is 14.9. The highest BCUT2D eigenvalue weighted by Crippen LogP contribution is 2.13. The second-order valence-electron chi connectivity index (χ2n) is 26.4. The predicted octanol–water partition coefficient (Wildman–Crippen LogP) is -6.09. The van der Waals surface area contributed by atoms with Gasteiger partial charge in [0.05, 0.1) is 18.8 Å². The Bertz CT molecular complexity index is 3080. The minimum absolute atomic E-state index is 0.0109. The molecule has 104 heavy (non-hydrogen) atoms. The predicted molar refractivity (Wildman–Crippen MR) is 375 cm³/mol. The minimum Gasteiger partial charge on any atom is -0.481 e. The number of amides is 13. The van der Waals surface area contributed by atoms with Crippen LogP contribution in [0.15, 0.2) is 17.5 Å². The minimum atomic E-state index is -1.86. The molecule has 0 unspecified atom stereocenters. The molecule has 0 aliphatic heterocycles. The van der Waals surface area contributed by atoms with Gasteiger partial charge in [0.1, 0.15) is 72.5 Å². The van der Waals surface area contributed by atoms with Crippen LogP contribution < -0.4 is 98.2 Å². The summed E-state index contributed by atoms with van der Waals surface area (Å²) in [5, 5.41) is 58.2. The number of nitrogens with zero attached hydrogens (tertiary/aromatic N) is 2. The van der Waals surface area contributed by atoms with Gasteiger partial charge in [-0.3, -0.25) is 76.9 Å². The van der Waals surface area contributed by atoms with Gasteiger partial charge in [-0.15, -0.1) is 0 Å². The molecule has 0 spiro atoms. The number of nitrogens with one attached hydrogen (secondary N) is 13. The molecule has 0 fully saturated rings. The Balaban J connectivity index is 3.61. The van der Waals surface area contributed by atoms with E-state index in [2.05, 4.69) is 78.8 Å². The molecule has 28 N–H and O–H groups in total. The zero-order valence-electron chi connectivity index (χ0n) is 60.6. The smallest absolute Gasteiger partial charge is 0.326 e. The van der Waals surface area contributed by atoms with E-state index >= 15 is 0 Å². The highest BCUT2D eigenvalue weighted by Gasteiger charge is 2.38. The van der Waals surface area contributed by atoms with Crippen molar-refractivity contribution in [1.29, 1.82) is 0 Å². The molecular formula is C64H111N21O19. The van der Waals surface area contributed by atoms with E-state index in [-0.39, 0.29) is 62.9 Å². The number of hydrogen-bond acceptors (Lipinski definition) is 21. The first-order chi connectivity index (χ1) is 48.7. The van der Waals surface area contributed by atoms with E-state index in [0.717, 1.165) is 6.92 Å². The number of aliphatic imine (C=N–C) groups is 1. The Kier molecular flexibility index (Phi) is 42.4. The monoisotopic (exact) mass is 1480 g/mol. The number of rotatable bonds is 52. The Labute approximate surface area is 603 Å². The van der Waals surface area contributed by atoms with Crippen molar-refractivity contribution in [1.82, 2.24) is 73.8 Å². The first-order valence-electron chi connectivity index (χ1n) is 34.5. The quantitative estimate of drug-likeness (QED) is 0.0164. The van der Waals surface area contributed by atoms with Crippen molar-refractivity contribution in [3.05, 3.63) is 18.2 Å². The number of carbonyl (C=O) groups is 16. The van der Waals surface area contributed by atoms with Gasteiger partial charge in [-0.05, 0) is 122 Å². The summed E-state index contributed by atoms with van der Waals surface area (Å²) in [6, 6.07) is -19.3. The first-order valence-corrected chi connectivity index (χ1v) is 34.5. The van der Waals surface area contributed by atoms with Crippen molar-refractivity contribution < 1.29 is 92.0 Å². The number of H-pyrrole nitrogens is 1. The summed E-state index contributed by atoms with van der Waals surface area (Å²) >= 11 is 0. The maximum Gasteiger partial charge on any atom is 0.326 e. The second kappa shape index (κ2) is 47.9. The molecular weight excluding hydrogens is 1370 g/mol. The number of primary amides is 1. The van der Waals surface area contributed by atoms with E-state index in [9.17, 15) is 92.0 Å². The molecule has 1 aromatic heterocycles. The van der Waals surface area contributed by atoms with Crippen LogP contribution in [-0.4, -0.2) is 224 Å². The molecule has 1 heterocycles. The maximum absolute atomic E-state index is 14.6. The molecule has 40 nitrogen and oxygen atoms in total. The van der Waals surface area contributed by atoms with E-state index in [4.69, 9.17) is 34.4 Å². The molecule has 0 radical (unpaired) electrons. The molecule has 40 heteroatoms. The molecule has 0 saturated heterocycles. The summed E-state index contributed by atoms with van der Waals surface area (Å²) in [4.78, 5) is 225. The Morgan fingerprint density at radius 1 is 0.433 bits per heavy atom. The lowest BCUT2D eigenvalue weighted by Crippen LogP contribution is -2.61. The fourth-order valence-corrected chi connectivity index (χ4v) is 10.0. The van der Waals surface area contributed by atoms with Crippen molar-refractivity contribution in [2.75, 3.05) is 19.6 Å². The summed E-state index contributed by atoms with van der Waals surface area (Å²) in [6.07, 6.45) is 1.04. The molecule has 0 aliphatic rings. The number of aliphatic carboxylic acids is 3. The number of carboxylic acid groups (broad SMARTS) is 3. The summed E-state index contributed by atoms with van der Waals surface area (Å²) in [7, 11) is 0. The van der Waals surface area contributed by atoms with Crippen LogP contribution in [0.2, 0.25) is 0 Å². The van der Waals surface area contributed by atoms with Crippen LogP contribution in [0.25, 0.3) is 0 Å². The van der Waals surface area contributed by atoms with Crippen molar-refractivity contribution >= 4 is 101 Å². The topological polar surface area (TPSA) is 675 Å². The number of carboxylic acids is 3. The molecule has 1 rings (SSSR count). The first kappa shape index (κ1) is 91.9. The average Bonchev–Trinajstić information content (AvgIpc) is 0.995. The molecule has 586 valence electrons. The van der Waals surface area contributed by atoms with Crippen molar-refractivity contribution in [3.8, 4) is 0 Å². The average molecular weight is 1480 g/mol. The van der Waals surface area contributed by atoms with Gasteiger partial charge in [0.25, 0.3) is 0 Å². The van der Waals surface area contributed by atoms with Crippen LogP contribution in [0.5, 0.6) is 0 Å². The van der Waals surface area contributed by atoms with Crippen molar-refractivity contribution in [3.63, 3.8) is 0 Å². The lowest BCUT2D eigenvalue weighted by Gasteiger charge is -2.28. The van der Waals surface area contributed by atoms with E-state index in [1.54, 1.807) is 27.7 Å². The third-order valence-corrected chi connectivity index (χ3v) is 15.8. The number of aromatic amines is 1. The Morgan fingerprint density at radius 2 is 0.827 bits per heavy atom. The van der Waals surface area contributed by atoms with Crippen molar-refractivity contribution in [2.45, 2.75) is 244 Å². The number of carbonyl (C=O) groups excluding carboxylic acids is 13. The summed E-state index contributed by atoms with van der Waals surface area (Å²) in [6.45, 7) is 14.1. The molecule has 0 bridgehead atoms. The number of imidazole rings is 1. The van der Waals surface area contributed by atoms with Crippen LogP contribution >= 0.6 is 0 Å². The largest absolute Gasteiger partial charge is 0.481 e. The zero-order chi connectivity index (χ0) is 79.1. The molecule has 0 saturated carbocycles. The number of aromatic nitrogens is 2. The summed E-state index contributed by atoms with van der Waals surface area (Å²) < 4.78 is 0. The SMILES string of the molecule is CC(C)C[C@H](NC(=O)[C@H](C)NC(=O)[C@H](CC(=O)O)NC(=O)[C@@H](NC(=O)[C@H](C)NC(=O)[C@H](CCC(=O)O)NC(=O)[C@H](CCC(N)=O)NC(=O)[C@H](CCCN=C(N)N)NC(=O)[C@H](Cc1cnc[nH]1)NC(=O)[C@H](CC(C)C)NC(=O)[C@H](C)NC(=O)[C@H](CCCCN)NC(=O)[C@@H](N)CCCCN)C(C)C)C(=O)O. The zero-order valence-corrected chi connectivity index (χ0v) is 60.6. The van der Waals surface area contributed by atoms with Gasteiger partial charge < -0.3 is 119 Å². The number of unbranched alkanes of at least 4 members (excludes halogenated alkanes) is 2. The third-order valence-electron chi connectivity index (χ3n) is 15.8. The third kappa shape index (κ3) is 36.7. The van der Waals surface area contributed by atoms with Gasteiger partial charge in [0.2, 0.25) is 76.8 Å². The fourth-order valence-electron chi connectivity index (χ4n) is 10.0. The Hall–Kier alpha value is -10.1.